The minimum atomic E-state index is -0.858. The fourth-order valence-corrected chi connectivity index (χ4v) is 2.47. The molecule has 138 valence electrons. The Balaban J connectivity index is 1.79. The van der Waals surface area contributed by atoms with Crippen molar-refractivity contribution in [3.63, 3.8) is 0 Å². The molecule has 26 heavy (non-hydrogen) atoms. The van der Waals surface area contributed by atoms with Crippen LogP contribution < -0.4 is 10.1 Å². The van der Waals surface area contributed by atoms with E-state index >= 15 is 0 Å². The van der Waals surface area contributed by atoms with Crippen LogP contribution in [0.4, 0.5) is 0 Å². The number of aryl methyl sites for hydroxylation is 1. The molecule has 2 atom stereocenters. The van der Waals surface area contributed by atoms with E-state index in [0.29, 0.717) is 11.3 Å². The van der Waals surface area contributed by atoms with Crippen LogP contribution >= 0.6 is 0 Å². The van der Waals surface area contributed by atoms with Crippen molar-refractivity contribution in [2.45, 2.75) is 38.8 Å². The third kappa shape index (κ3) is 5.92. The van der Waals surface area contributed by atoms with Crippen LogP contribution in [0.25, 0.3) is 0 Å². The highest BCUT2D eigenvalue weighted by Crippen LogP contribution is 2.13. The number of esters is 1. The second-order valence-electron chi connectivity index (χ2n) is 6.21. The summed E-state index contributed by atoms with van der Waals surface area (Å²) in [6, 6.07) is 16.7. The SMILES string of the molecule is COc1ccc(C(=O)O[C@@H](C)C(=O)N[C@H](C)CCc2ccccc2)cc1. The maximum atomic E-state index is 12.2. The quantitative estimate of drug-likeness (QED) is 0.737. The summed E-state index contributed by atoms with van der Waals surface area (Å²) >= 11 is 0. The standard InChI is InChI=1S/C21H25NO4/c1-15(9-10-17-7-5-4-6-8-17)22-20(23)16(2)26-21(24)18-11-13-19(25-3)14-12-18/h4-8,11-16H,9-10H2,1-3H3,(H,22,23)/t15-,16+/m1/s1. The maximum Gasteiger partial charge on any atom is 0.338 e. The normalized spacial score (nSPS) is 12.7. The maximum absolute atomic E-state index is 12.2. The molecule has 2 aromatic carbocycles. The number of hydrogen-bond acceptors (Lipinski definition) is 4. The van der Waals surface area contributed by atoms with Gasteiger partial charge in [0, 0.05) is 6.04 Å². The zero-order valence-corrected chi connectivity index (χ0v) is 15.4. The molecule has 5 heteroatoms. The highest BCUT2D eigenvalue weighted by Gasteiger charge is 2.20. The molecule has 0 unspecified atom stereocenters. The minimum Gasteiger partial charge on any atom is -0.497 e. The number of hydrogen-bond donors (Lipinski definition) is 1. The van der Waals surface area contributed by atoms with Crippen LogP contribution in [0, 0.1) is 0 Å². The van der Waals surface area contributed by atoms with Crippen molar-refractivity contribution >= 4 is 11.9 Å². The monoisotopic (exact) mass is 355 g/mol. The van der Waals surface area contributed by atoms with Gasteiger partial charge in [-0.05, 0) is 56.5 Å². The first-order valence-corrected chi connectivity index (χ1v) is 8.69. The Kier molecular flexibility index (Phi) is 7.21. The van der Waals surface area contributed by atoms with E-state index in [-0.39, 0.29) is 11.9 Å². The fourth-order valence-electron chi connectivity index (χ4n) is 2.47. The van der Waals surface area contributed by atoms with E-state index in [9.17, 15) is 9.59 Å². The molecular formula is C21H25NO4. The van der Waals surface area contributed by atoms with Crippen molar-refractivity contribution in [1.29, 1.82) is 0 Å². The first kappa shape index (κ1) is 19.5. The first-order valence-electron chi connectivity index (χ1n) is 8.69. The molecule has 0 aromatic heterocycles. The minimum absolute atomic E-state index is 0.00940. The van der Waals surface area contributed by atoms with Gasteiger partial charge in [0.05, 0.1) is 12.7 Å². The molecule has 0 radical (unpaired) electrons. The molecule has 0 bridgehead atoms. The lowest BCUT2D eigenvalue weighted by molar-refractivity contribution is -0.129. The number of rotatable bonds is 8. The molecule has 5 nitrogen and oxygen atoms in total. The number of ether oxygens (including phenoxy) is 2. The highest BCUT2D eigenvalue weighted by atomic mass is 16.5. The number of amides is 1. The van der Waals surface area contributed by atoms with Gasteiger partial charge in [-0.2, -0.15) is 0 Å². The molecule has 0 aliphatic heterocycles. The van der Waals surface area contributed by atoms with Crippen LogP contribution in [-0.4, -0.2) is 31.1 Å². The third-order valence-electron chi connectivity index (χ3n) is 4.08. The van der Waals surface area contributed by atoms with Crippen molar-refractivity contribution in [2.24, 2.45) is 0 Å². The van der Waals surface area contributed by atoms with Gasteiger partial charge < -0.3 is 14.8 Å². The van der Waals surface area contributed by atoms with Crippen molar-refractivity contribution in [2.75, 3.05) is 7.11 Å². The van der Waals surface area contributed by atoms with Gasteiger partial charge in [-0.3, -0.25) is 4.79 Å². The van der Waals surface area contributed by atoms with E-state index in [2.05, 4.69) is 17.4 Å². The van der Waals surface area contributed by atoms with Crippen LogP contribution in [0.2, 0.25) is 0 Å². The van der Waals surface area contributed by atoms with Gasteiger partial charge in [0.2, 0.25) is 0 Å². The fraction of sp³-hybridized carbons (Fsp3) is 0.333. The molecule has 0 heterocycles. The average molecular weight is 355 g/mol. The van der Waals surface area contributed by atoms with Crippen LogP contribution in [0.5, 0.6) is 5.75 Å². The van der Waals surface area contributed by atoms with Crippen LogP contribution in [0.3, 0.4) is 0 Å². The summed E-state index contributed by atoms with van der Waals surface area (Å²) in [5.41, 5.74) is 1.61. The lowest BCUT2D eigenvalue weighted by atomic mass is 10.1. The number of carbonyl (C=O) groups is 2. The Morgan fingerprint density at radius 2 is 1.65 bits per heavy atom. The van der Waals surface area contributed by atoms with Gasteiger partial charge in [-0.25, -0.2) is 4.79 Å². The van der Waals surface area contributed by atoms with E-state index < -0.39 is 12.1 Å². The molecule has 0 spiro atoms. The van der Waals surface area contributed by atoms with Gasteiger partial charge in [0.25, 0.3) is 5.91 Å². The molecule has 0 aliphatic carbocycles. The van der Waals surface area contributed by atoms with Crippen LogP contribution in [-0.2, 0) is 16.0 Å². The molecule has 0 saturated heterocycles. The zero-order valence-electron chi connectivity index (χ0n) is 15.4. The Morgan fingerprint density at radius 1 is 1.00 bits per heavy atom. The van der Waals surface area contributed by atoms with Crippen molar-refractivity contribution in [3.8, 4) is 5.75 Å². The molecule has 1 amide bonds. The first-order chi connectivity index (χ1) is 12.5. The topological polar surface area (TPSA) is 64.6 Å². The molecule has 0 aliphatic rings. The second kappa shape index (κ2) is 9.61. The van der Waals surface area contributed by atoms with Gasteiger partial charge in [0.15, 0.2) is 6.10 Å². The molecule has 2 aromatic rings. The lowest BCUT2D eigenvalue weighted by Gasteiger charge is -2.18. The van der Waals surface area contributed by atoms with E-state index in [1.165, 1.54) is 5.56 Å². The van der Waals surface area contributed by atoms with Gasteiger partial charge in [-0.15, -0.1) is 0 Å². The van der Waals surface area contributed by atoms with Crippen molar-refractivity contribution in [1.82, 2.24) is 5.32 Å². The predicted molar refractivity (Wildman–Crippen MR) is 100 cm³/mol. The molecule has 0 saturated carbocycles. The Morgan fingerprint density at radius 3 is 2.27 bits per heavy atom. The smallest absolute Gasteiger partial charge is 0.338 e. The van der Waals surface area contributed by atoms with Crippen molar-refractivity contribution < 1.29 is 19.1 Å². The van der Waals surface area contributed by atoms with E-state index in [1.54, 1.807) is 38.3 Å². The third-order valence-corrected chi connectivity index (χ3v) is 4.08. The number of benzene rings is 2. The number of carbonyl (C=O) groups excluding carboxylic acids is 2. The van der Waals surface area contributed by atoms with Gasteiger partial charge in [0.1, 0.15) is 5.75 Å². The van der Waals surface area contributed by atoms with Gasteiger partial charge >= 0.3 is 5.97 Å². The summed E-state index contributed by atoms with van der Waals surface area (Å²) in [6.07, 6.45) is 0.834. The van der Waals surface area contributed by atoms with Crippen LogP contribution in [0.1, 0.15) is 36.2 Å². The number of nitrogens with one attached hydrogen (secondary N) is 1. The zero-order chi connectivity index (χ0) is 18.9. The van der Waals surface area contributed by atoms with E-state index in [1.807, 2.05) is 25.1 Å². The summed E-state index contributed by atoms with van der Waals surface area (Å²) in [4.78, 5) is 24.3. The summed E-state index contributed by atoms with van der Waals surface area (Å²) < 4.78 is 10.3. The molecule has 1 N–H and O–H groups in total. The Labute approximate surface area is 154 Å². The second-order valence-corrected chi connectivity index (χ2v) is 6.21. The van der Waals surface area contributed by atoms with Crippen molar-refractivity contribution in [3.05, 3.63) is 65.7 Å². The highest BCUT2D eigenvalue weighted by molar-refractivity contribution is 5.92. The Bertz CT molecular complexity index is 713. The summed E-state index contributed by atoms with van der Waals surface area (Å²) in [5.74, 6) is -0.181. The van der Waals surface area contributed by atoms with Crippen LogP contribution in [0.15, 0.2) is 54.6 Å². The summed E-state index contributed by atoms with van der Waals surface area (Å²) in [5, 5.41) is 2.89. The molecule has 2 rings (SSSR count). The Hall–Kier alpha value is -2.82. The number of methoxy groups -OCH3 is 1. The summed E-state index contributed by atoms with van der Waals surface area (Å²) in [6.45, 7) is 3.51. The van der Waals surface area contributed by atoms with E-state index in [0.717, 1.165) is 12.8 Å². The largest absolute Gasteiger partial charge is 0.497 e. The van der Waals surface area contributed by atoms with E-state index in [4.69, 9.17) is 9.47 Å². The van der Waals surface area contributed by atoms with Gasteiger partial charge in [-0.1, -0.05) is 30.3 Å². The average Bonchev–Trinajstić information content (AvgIpc) is 2.67. The summed E-state index contributed by atoms with van der Waals surface area (Å²) in [7, 11) is 1.55. The molecule has 0 fully saturated rings. The predicted octanol–water partition coefficient (Wildman–Crippen LogP) is 3.38. The molecular weight excluding hydrogens is 330 g/mol. The lowest BCUT2D eigenvalue weighted by Crippen LogP contribution is -2.41.